The first-order valence-electron chi connectivity index (χ1n) is 10.3. The fraction of sp³-hybridized carbons (Fsp3) is 0.217. The Bertz CT molecular complexity index is 1340. The van der Waals surface area contributed by atoms with Crippen LogP contribution in [0.3, 0.4) is 0 Å². The summed E-state index contributed by atoms with van der Waals surface area (Å²) in [4.78, 5) is 21.6. The van der Waals surface area contributed by atoms with Gasteiger partial charge in [-0.2, -0.15) is 0 Å². The molecule has 0 atom stereocenters. The Morgan fingerprint density at radius 3 is 2.71 bits per heavy atom. The molecule has 0 fully saturated rings. The molecule has 11 heteroatoms. The van der Waals surface area contributed by atoms with Crippen LogP contribution in [0.5, 0.6) is 5.75 Å². The zero-order chi connectivity index (χ0) is 23.2. The molecular weight excluding hydrogens is 517 g/mol. The Hall–Kier alpha value is -2.46. The molecule has 0 aliphatic carbocycles. The van der Waals surface area contributed by atoms with Crippen molar-refractivity contribution in [1.29, 1.82) is 0 Å². The second-order valence-electron chi connectivity index (χ2n) is 7.75. The molecule has 0 bridgehead atoms. The summed E-state index contributed by atoms with van der Waals surface area (Å²) in [5.41, 5.74) is 3.17. The third-order valence-electron chi connectivity index (χ3n) is 5.52. The minimum absolute atomic E-state index is 0. The molecule has 0 aromatic heterocycles. The van der Waals surface area contributed by atoms with E-state index < -0.39 is 9.84 Å². The topological polar surface area (TPSA) is 79.3 Å². The van der Waals surface area contributed by atoms with Gasteiger partial charge in [0.1, 0.15) is 6.61 Å². The van der Waals surface area contributed by atoms with Crippen LogP contribution in [-0.2, 0) is 14.6 Å². The van der Waals surface area contributed by atoms with Crippen LogP contribution in [0.15, 0.2) is 57.8 Å². The van der Waals surface area contributed by atoms with E-state index in [9.17, 15) is 13.2 Å². The zero-order valence-corrected chi connectivity index (χ0v) is 21.3. The number of carbonyl (C=O) groups excluding carboxylic acids is 1. The summed E-state index contributed by atoms with van der Waals surface area (Å²) in [5, 5.41) is 3.52. The predicted octanol–water partition coefficient (Wildman–Crippen LogP) is 4.32. The van der Waals surface area contributed by atoms with Gasteiger partial charge in [-0.05, 0) is 35.9 Å². The molecular formula is C23H21Cl2N3O4S2. The van der Waals surface area contributed by atoms with Crippen molar-refractivity contribution < 1.29 is 17.9 Å². The number of amidine groups is 1. The maximum atomic E-state index is 13.1. The van der Waals surface area contributed by atoms with Gasteiger partial charge in [0.25, 0.3) is 5.91 Å². The van der Waals surface area contributed by atoms with Gasteiger partial charge in [-0.1, -0.05) is 35.5 Å². The summed E-state index contributed by atoms with van der Waals surface area (Å²) in [6, 6.07) is 10.00. The van der Waals surface area contributed by atoms with Crippen molar-refractivity contribution in [3.05, 3.63) is 64.0 Å². The summed E-state index contributed by atoms with van der Waals surface area (Å²) in [7, 11) is -3.26. The van der Waals surface area contributed by atoms with E-state index in [1.54, 1.807) is 40.9 Å². The van der Waals surface area contributed by atoms with Gasteiger partial charge < -0.3 is 14.5 Å². The smallest absolute Gasteiger partial charge is 0.251 e. The SMILES string of the molecule is CS(=O)(=O)c1ccc(C=CC(=O)N2CCOc3c(C4=CSC5=NCCN45)cc(Cl)cc32)cc1.Cl. The number of rotatable bonds is 4. The van der Waals surface area contributed by atoms with Crippen LogP contribution in [0.1, 0.15) is 11.1 Å². The Morgan fingerprint density at radius 1 is 1.21 bits per heavy atom. The van der Waals surface area contributed by atoms with Gasteiger partial charge in [0.05, 0.1) is 29.4 Å². The zero-order valence-electron chi connectivity index (χ0n) is 18.1. The van der Waals surface area contributed by atoms with Gasteiger partial charge in [0.2, 0.25) is 0 Å². The molecule has 7 nitrogen and oxygen atoms in total. The van der Waals surface area contributed by atoms with Crippen LogP contribution >= 0.6 is 35.8 Å². The van der Waals surface area contributed by atoms with Crippen molar-refractivity contribution in [1.82, 2.24) is 4.90 Å². The fourth-order valence-corrected chi connectivity index (χ4v) is 5.72. The largest absolute Gasteiger partial charge is 0.489 e. The predicted molar refractivity (Wildman–Crippen MR) is 140 cm³/mol. The van der Waals surface area contributed by atoms with E-state index in [1.807, 2.05) is 11.5 Å². The number of carbonyl (C=O) groups is 1. The van der Waals surface area contributed by atoms with Crippen molar-refractivity contribution in [3.8, 4) is 5.75 Å². The second kappa shape index (κ2) is 9.65. The number of sulfone groups is 1. The molecule has 1 amide bonds. The Balaban J connectivity index is 0.00000274. The highest BCUT2D eigenvalue weighted by Crippen LogP contribution is 2.45. The minimum Gasteiger partial charge on any atom is -0.489 e. The number of hydrogen-bond acceptors (Lipinski definition) is 7. The van der Waals surface area contributed by atoms with E-state index in [0.29, 0.717) is 29.6 Å². The summed E-state index contributed by atoms with van der Waals surface area (Å²) >= 11 is 8.03. The number of halogens is 2. The van der Waals surface area contributed by atoms with Crippen LogP contribution in [0.2, 0.25) is 5.02 Å². The molecule has 2 aromatic carbocycles. The van der Waals surface area contributed by atoms with Gasteiger partial charge in [0.15, 0.2) is 20.8 Å². The van der Waals surface area contributed by atoms with E-state index in [-0.39, 0.29) is 23.2 Å². The average molecular weight is 538 g/mol. The number of hydrogen-bond donors (Lipinski definition) is 0. The van der Waals surface area contributed by atoms with E-state index >= 15 is 0 Å². The number of fused-ring (bicyclic) bond motifs is 2. The lowest BCUT2D eigenvalue weighted by atomic mass is 10.1. The first-order valence-corrected chi connectivity index (χ1v) is 13.4. The average Bonchev–Trinajstić information content (AvgIpc) is 3.40. The molecule has 3 heterocycles. The van der Waals surface area contributed by atoms with Crippen LogP contribution in [-0.4, -0.2) is 56.9 Å². The first kappa shape index (κ1) is 24.7. The number of nitrogens with zero attached hydrogens (tertiary/aromatic N) is 3. The van der Waals surface area contributed by atoms with Crippen molar-refractivity contribution in [2.75, 3.05) is 37.4 Å². The number of aliphatic imine (C=N–C) groups is 1. The molecule has 0 spiro atoms. The lowest BCUT2D eigenvalue weighted by molar-refractivity contribution is -0.114. The Morgan fingerprint density at radius 2 is 1.97 bits per heavy atom. The standard InChI is InChI=1S/C23H20ClN3O4S2.ClH/c1-33(29,30)17-5-2-15(3-6-17)4-7-21(28)26-10-11-31-22-18(12-16(24)13-19(22)26)20-14-32-23-25-8-9-27(20)23;/h2-7,12-14H,8-11H2,1H3;1H. The molecule has 0 unspecified atom stereocenters. The maximum Gasteiger partial charge on any atom is 0.251 e. The lowest BCUT2D eigenvalue weighted by Crippen LogP contribution is -2.37. The van der Waals surface area contributed by atoms with Gasteiger partial charge >= 0.3 is 0 Å². The third kappa shape index (κ3) is 4.70. The second-order valence-corrected chi connectivity index (χ2v) is 11.0. The molecule has 0 saturated heterocycles. The molecule has 0 radical (unpaired) electrons. The van der Waals surface area contributed by atoms with Crippen LogP contribution in [0.4, 0.5) is 5.69 Å². The maximum absolute atomic E-state index is 13.1. The van der Waals surface area contributed by atoms with Crippen molar-refractivity contribution in [2.45, 2.75) is 4.90 Å². The van der Waals surface area contributed by atoms with Crippen LogP contribution in [0, 0.1) is 0 Å². The number of ether oxygens (including phenoxy) is 1. The monoisotopic (exact) mass is 537 g/mol. The van der Waals surface area contributed by atoms with Crippen LogP contribution < -0.4 is 9.64 Å². The highest BCUT2D eigenvalue weighted by Gasteiger charge is 2.32. The number of anilines is 1. The van der Waals surface area contributed by atoms with Crippen molar-refractivity contribution in [2.24, 2.45) is 4.99 Å². The third-order valence-corrected chi connectivity index (χ3v) is 7.77. The molecule has 34 heavy (non-hydrogen) atoms. The summed E-state index contributed by atoms with van der Waals surface area (Å²) in [5.74, 6) is 0.420. The van der Waals surface area contributed by atoms with Crippen LogP contribution in [0.25, 0.3) is 11.8 Å². The Labute approximate surface area is 213 Å². The molecule has 178 valence electrons. The van der Waals surface area contributed by atoms with E-state index in [2.05, 4.69) is 9.89 Å². The molecule has 0 N–H and O–H groups in total. The highest BCUT2D eigenvalue weighted by molar-refractivity contribution is 8.16. The van der Waals surface area contributed by atoms with Gasteiger partial charge in [-0.3, -0.25) is 9.79 Å². The fourth-order valence-electron chi connectivity index (χ4n) is 3.93. The van der Waals surface area contributed by atoms with E-state index in [0.717, 1.165) is 41.3 Å². The quantitative estimate of drug-likeness (QED) is 0.540. The Kier molecular flexibility index (Phi) is 7.00. The normalized spacial score (nSPS) is 17.0. The molecule has 3 aliphatic heterocycles. The lowest BCUT2D eigenvalue weighted by Gasteiger charge is -2.31. The van der Waals surface area contributed by atoms with Crippen molar-refractivity contribution in [3.63, 3.8) is 0 Å². The number of thioether (sulfide) groups is 1. The van der Waals surface area contributed by atoms with Gasteiger partial charge in [0, 0.05) is 34.9 Å². The number of benzene rings is 2. The number of amides is 1. The summed E-state index contributed by atoms with van der Waals surface area (Å²) in [6.45, 7) is 2.32. The highest BCUT2D eigenvalue weighted by atomic mass is 35.5. The molecule has 0 saturated carbocycles. The molecule has 2 aromatic rings. The molecule has 5 rings (SSSR count). The van der Waals surface area contributed by atoms with Gasteiger partial charge in [-0.15, -0.1) is 12.4 Å². The van der Waals surface area contributed by atoms with E-state index in [1.165, 1.54) is 18.2 Å². The summed E-state index contributed by atoms with van der Waals surface area (Å²) in [6.07, 6.45) is 4.30. The molecule has 3 aliphatic rings. The summed E-state index contributed by atoms with van der Waals surface area (Å²) < 4.78 is 29.3. The van der Waals surface area contributed by atoms with Crippen molar-refractivity contribution >= 4 is 74.1 Å². The van der Waals surface area contributed by atoms with Gasteiger partial charge in [-0.25, -0.2) is 8.42 Å². The minimum atomic E-state index is -3.26. The van der Waals surface area contributed by atoms with E-state index in [4.69, 9.17) is 16.3 Å². The first-order chi connectivity index (χ1) is 15.8.